The quantitative estimate of drug-likeness (QED) is 0.0261. The standard InChI is InChI=1S/C72H130O6/c1-4-7-10-13-16-18-20-22-24-26-28-30-32-34-35-36-37-39-40-42-44-46-48-50-52-54-56-59-62-65-71(74)77-68-69(67-76-70(73)64-61-58-15-12-9-6-3)78-72(75)66-63-60-57-55-53-51-49-47-45-43-41-38-33-31-29-27-25-23-21-19-17-14-11-8-5-2/h20-23,26-29,33,38,69H,4-19,24-25,30-32,34-37,39-68H2,1-3H3/b22-20-,23-21-,28-26-,29-27-,38-33-. The smallest absolute Gasteiger partial charge is 0.306 e. The molecule has 6 nitrogen and oxygen atoms in total. The summed E-state index contributed by atoms with van der Waals surface area (Å²) in [7, 11) is 0. The molecule has 0 saturated carbocycles. The largest absolute Gasteiger partial charge is 0.462 e. The lowest BCUT2D eigenvalue weighted by molar-refractivity contribution is -0.167. The van der Waals surface area contributed by atoms with Crippen LogP contribution in [0.15, 0.2) is 60.8 Å². The Bertz CT molecular complexity index is 1390. The summed E-state index contributed by atoms with van der Waals surface area (Å²) in [5.74, 6) is -0.868. The van der Waals surface area contributed by atoms with Crippen LogP contribution < -0.4 is 0 Å². The van der Waals surface area contributed by atoms with Crippen molar-refractivity contribution < 1.29 is 28.6 Å². The summed E-state index contributed by atoms with van der Waals surface area (Å²) in [5, 5.41) is 0. The third-order valence-corrected chi connectivity index (χ3v) is 15.2. The average molecular weight is 1090 g/mol. The van der Waals surface area contributed by atoms with Gasteiger partial charge in [0.05, 0.1) is 0 Å². The summed E-state index contributed by atoms with van der Waals surface area (Å²) in [6.45, 7) is 6.60. The highest BCUT2D eigenvalue weighted by Gasteiger charge is 2.19. The Balaban J connectivity index is 4.02. The van der Waals surface area contributed by atoms with E-state index in [0.717, 1.165) is 77.0 Å². The summed E-state index contributed by atoms with van der Waals surface area (Å²) in [6.07, 6.45) is 85.7. The molecule has 0 radical (unpaired) electrons. The van der Waals surface area contributed by atoms with Gasteiger partial charge in [-0.2, -0.15) is 0 Å². The van der Waals surface area contributed by atoms with E-state index in [2.05, 4.69) is 81.5 Å². The van der Waals surface area contributed by atoms with Crippen molar-refractivity contribution in [3.63, 3.8) is 0 Å². The molecule has 0 bridgehead atoms. The van der Waals surface area contributed by atoms with E-state index in [1.54, 1.807) is 0 Å². The van der Waals surface area contributed by atoms with Gasteiger partial charge in [0, 0.05) is 19.3 Å². The first-order valence-electron chi connectivity index (χ1n) is 34.3. The lowest BCUT2D eigenvalue weighted by Gasteiger charge is -2.18. The van der Waals surface area contributed by atoms with E-state index >= 15 is 0 Å². The molecule has 0 aromatic carbocycles. The van der Waals surface area contributed by atoms with E-state index in [0.29, 0.717) is 19.3 Å². The molecule has 0 aromatic heterocycles. The summed E-state index contributed by atoms with van der Waals surface area (Å²) in [6, 6.07) is 0. The van der Waals surface area contributed by atoms with Crippen molar-refractivity contribution in [1.82, 2.24) is 0 Å². The Morgan fingerprint density at radius 2 is 0.462 bits per heavy atom. The van der Waals surface area contributed by atoms with E-state index in [4.69, 9.17) is 14.2 Å². The monoisotopic (exact) mass is 1090 g/mol. The van der Waals surface area contributed by atoms with E-state index in [1.807, 2.05) is 0 Å². The molecule has 0 heterocycles. The van der Waals surface area contributed by atoms with Crippen molar-refractivity contribution in [2.75, 3.05) is 13.2 Å². The van der Waals surface area contributed by atoms with E-state index < -0.39 is 6.10 Å². The van der Waals surface area contributed by atoms with Gasteiger partial charge in [-0.05, 0) is 89.9 Å². The number of rotatable bonds is 63. The highest BCUT2D eigenvalue weighted by Crippen LogP contribution is 2.17. The lowest BCUT2D eigenvalue weighted by atomic mass is 10.0. The third-order valence-electron chi connectivity index (χ3n) is 15.2. The van der Waals surface area contributed by atoms with Gasteiger partial charge in [0.15, 0.2) is 6.10 Å². The average Bonchev–Trinajstić information content (AvgIpc) is 3.44. The molecule has 78 heavy (non-hydrogen) atoms. The van der Waals surface area contributed by atoms with Gasteiger partial charge in [0.1, 0.15) is 13.2 Å². The van der Waals surface area contributed by atoms with E-state index in [9.17, 15) is 14.4 Å². The van der Waals surface area contributed by atoms with Crippen LogP contribution in [0.5, 0.6) is 0 Å². The maximum absolute atomic E-state index is 12.9. The minimum absolute atomic E-state index is 0.0723. The number of hydrogen-bond donors (Lipinski definition) is 0. The Morgan fingerprint density at radius 3 is 0.718 bits per heavy atom. The Morgan fingerprint density at radius 1 is 0.256 bits per heavy atom. The van der Waals surface area contributed by atoms with Crippen molar-refractivity contribution in [3.05, 3.63) is 60.8 Å². The zero-order valence-electron chi connectivity index (χ0n) is 52.2. The first-order valence-corrected chi connectivity index (χ1v) is 34.3. The third kappa shape index (κ3) is 63.9. The number of allylic oxidation sites excluding steroid dienone is 10. The van der Waals surface area contributed by atoms with Crippen LogP contribution in [0.25, 0.3) is 0 Å². The number of esters is 3. The van der Waals surface area contributed by atoms with Gasteiger partial charge in [-0.3, -0.25) is 14.4 Å². The second kappa shape index (κ2) is 66.6. The first-order chi connectivity index (χ1) is 38.5. The molecule has 0 saturated heterocycles. The van der Waals surface area contributed by atoms with E-state index in [-0.39, 0.29) is 31.1 Å². The molecule has 454 valence electrons. The predicted octanol–water partition coefficient (Wildman–Crippen LogP) is 23.5. The Hall–Kier alpha value is -2.89. The molecule has 0 N–H and O–H groups in total. The molecule has 0 fully saturated rings. The van der Waals surface area contributed by atoms with Crippen molar-refractivity contribution in [1.29, 1.82) is 0 Å². The SMILES string of the molecule is CCCCCCC/C=C\C/C=C\C/C=C\CCCCCCCCCCCCC(=O)OC(COC(=O)CCCCCCCC)COC(=O)CCCCCCCCCCCCCCCCCCC/C=C\C/C=C\CCCCCCC. The van der Waals surface area contributed by atoms with Gasteiger partial charge in [-0.25, -0.2) is 0 Å². The highest BCUT2D eigenvalue weighted by molar-refractivity contribution is 5.71. The number of carbonyl (C=O) groups excluding carboxylic acids is 3. The second-order valence-electron chi connectivity index (χ2n) is 23.1. The second-order valence-corrected chi connectivity index (χ2v) is 23.1. The molecule has 0 aliphatic rings. The molecule has 6 heteroatoms. The van der Waals surface area contributed by atoms with Crippen molar-refractivity contribution in [3.8, 4) is 0 Å². The minimum atomic E-state index is -0.773. The fraction of sp³-hybridized carbons (Fsp3) is 0.819. The van der Waals surface area contributed by atoms with Gasteiger partial charge in [0.25, 0.3) is 0 Å². The van der Waals surface area contributed by atoms with Crippen LogP contribution in [0, 0.1) is 0 Å². The molecule has 0 aliphatic heterocycles. The molecule has 0 amide bonds. The normalized spacial score (nSPS) is 12.4. The molecule has 1 atom stereocenters. The molecule has 1 unspecified atom stereocenters. The topological polar surface area (TPSA) is 78.9 Å². The number of unbranched alkanes of at least 4 members (excludes halogenated alkanes) is 42. The summed E-state index contributed by atoms with van der Waals surface area (Å²) < 4.78 is 16.8. The summed E-state index contributed by atoms with van der Waals surface area (Å²) in [5.41, 5.74) is 0. The van der Waals surface area contributed by atoms with Gasteiger partial charge in [-0.15, -0.1) is 0 Å². The van der Waals surface area contributed by atoms with Crippen LogP contribution in [-0.4, -0.2) is 37.2 Å². The first kappa shape index (κ1) is 75.1. The zero-order valence-corrected chi connectivity index (χ0v) is 52.2. The van der Waals surface area contributed by atoms with Crippen LogP contribution in [-0.2, 0) is 28.6 Å². The lowest BCUT2D eigenvalue weighted by Crippen LogP contribution is -2.30. The molecule has 0 aromatic rings. The zero-order chi connectivity index (χ0) is 56.4. The van der Waals surface area contributed by atoms with Crippen molar-refractivity contribution >= 4 is 17.9 Å². The van der Waals surface area contributed by atoms with Gasteiger partial charge >= 0.3 is 17.9 Å². The van der Waals surface area contributed by atoms with Crippen LogP contribution in [0.4, 0.5) is 0 Å². The predicted molar refractivity (Wildman–Crippen MR) is 339 cm³/mol. The van der Waals surface area contributed by atoms with Crippen LogP contribution >= 0.6 is 0 Å². The van der Waals surface area contributed by atoms with Crippen LogP contribution in [0.2, 0.25) is 0 Å². The van der Waals surface area contributed by atoms with Gasteiger partial charge in [0.2, 0.25) is 0 Å². The molecule has 0 aliphatic carbocycles. The Labute approximate surface area is 485 Å². The molecule has 0 spiro atoms. The maximum atomic E-state index is 12.9. The molecule has 0 rings (SSSR count). The van der Waals surface area contributed by atoms with Crippen molar-refractivity contribution in [2.24, 2.45) is 0 Å². The Kier molecular flexibility index (Phi) is 64.2. The van der Waals surface area contributed by atoms with Crippen molar-refractivity contribution in [2.45, 2.75) is 367 Å². The van der Waals surface area contributed by atoms with Crippen LogP contribution in [0.1, 0.15) is 361 Å². The summed E-state index contributed by atoms with van der Waals surface area (Å²) in [4.78, 5) is 38.1. The molecular weight excluding hydrogens is 961 g/mol. The molecular formula is C72H130O6. The number of hydrogen-bond acceptors (Lipinski definition) is 6. The van der Waals surface area contributed by atoms with E-state index in [1.165, 1.54) is 244 Å². The van der Waals surface area contributed by atoms with Gasteiger partial charge < -0.3 is 14.2 Å². The van der Waals surface area contributed by atoms with Gasteiger partial charge in [-0.1, -0.05) is 313 Å². The fourth-order valence-electron chi connectivity index (χ4n) is 10.1. The number of carbonyl (C=O) groups is 3. The summed E-state index contributed by atoms with van der Waals surface area (Å²) >= 11 is 0. The minimum Gasteiger partial charge on any atom is -0.462 e. The van der Waals surface area contributed by atoms with Crippen LogP contribution in [0.3, 0.4) is 0 Å². The fourth-order valence-corrected chi connectivity index (χ4v) is 10.1. The maximum Gasteiger partial charge on any atom is 0.306 e. The highest BCUT2D eigenvalue weighted by atomic mass is 16.6. The number of ether oxygens (including phenoxy) is 3.